The van der Waals surface area contributed by atoms with Crippen LogP contribution in [-0.2, 0) is 24.8 Å². The lowest BCUT2D eigenvalue weighted by atomic mass is 9.94. The molecule has 1 amide bonds. The molecule has 1 saturated heterocycles. The van der Waals surface area contributed by atoms with Gasteiger partial charge in [0.1, 0.15) is 11.9 Å². The highest BCUT2D eigenvalue weighted by Crippen LogP contribution is 2.51. The molecule has 1 N–H and O–H groups in total. The summed E-state index contributed by atoms with van der Waals surface area (Å²) in [4.78, 5) is 31.3. The monoisotopic (exact) mass is 575 g/mol. The summed E-state index contributed by atoms with van der Waals surface area (Å²) in [5.74, 6) is -0.649. The van der Waals surface area contributed by atoms with Crippen LogP contribution >= 0.6 is 23.2 Å². The first-order valence-corrected chi connectivity index (χ1v) is 14.6. The molecule has 38 heavy (non-hydrogen) atoms. The molecule has 0 radical (unpaired) electrons. The summed E-state index contributed by atoms with van der Waals surface area (Å²) in [6, 6.07) is 10.3. The molecule has 5 rings (SSSR count). The molecular formula is C27H27Cl2N3O5S. The molecule has 2 aliphatic rings. The maximum atomic E-state index is 13.7. The van der Waals surface area contributed by atoms with Gasteiger partial charge >= 0.3 is 5.97 Å². The normalized spacial score (nSPS) is 20.6. The van der Waals surface area contributed by atoms with Crippen molar-refractivity contribution in [3.05, 3.63) is 76.3 Å². The average molecular weight is 577 g/mol. The minimum atomic E-state index is -4.04. The van der Waals surface area contributed by atoms with E-state index in [4.69, 9.17) is 23.2 Å². The van der Waals surface area contributed by atoms with Gasteiger partial charge in [0.15, 0.2) is 9.84 Å². The number of carboxylic acids is 1. The molecule has 0 unspecified atom stereocenters. The van der Waals surface area contributed by atoms with Crippen LogP contribution in [0.25, 0.3) is 5.69 Å². The summed E-state index contributed by atoms with van der Waals surface area (Å²) in [6.45, 7) is 3.79. The quantitative estimate of drug-likeness (QED) is 0.430. The smallest absolute Gasteiger partial charge is 0.326 e. The van der Waals surface area contributed by atoms with Crippen molar-refractivity contribution in [3.8, 4) is 5.69 Å². The third-order valence-corrected chi connectivity index (χ3v) is 10.4. The first kappa shape index (κ1) is 26.7. The van der Waals surface area contributed by atoms with Gasteiger partial charge in [0, 0.05) is 35.6 Å². The highest BCUT2D eigenvalue weighted by molar-refractivity contribution is 7.92. The Morgan fingerprint density at radius 2 is 1.79 bits per heavy atom. The molecule has 1 saturated carbocycles. The van der Waals surface area contributed by atoms with Gasteiger partial charge in [-0.25, -0.2) is 18.2 Å². The second kappa shape index (κ2) is 9.70. The van der Waals surface area contributed by atoms with Gasteiger partial charge in [-0.1, -0.05) is 49.2 Å². The van der Waals surface area contributed by atoms with Crippen molar-refractivity contribution < 1.29 is 23.1 Å². The van der Waals surface area contributed by atoms with E-state index in [-0.39, 0.29) is 34.7 Å². The van der Waals surface area contributed by atoms with Crippen LogP contribution in [0.2, 0.25) is 10.0 Å². The lowest BCUT2D eigenvalue weighted by molar-refractivity contribution is -0.149. The first-order valence-electron chi connectivity index (χ1n) is 12.3. The number of halogens is 2. The Hall–Kier alpha value is -2.88. The molecule has 8 nitrogen and oxygen atoms in total. The van der Waals surface area contributed by atoms with E-state index in [1.165, 1.54) is 11.0 Å². The maximum absolute atomic E-state index is 13.7. The minimum absolute atomic E-state index is 0.0300. The second-order valence-electron chi connectivity index (χ2n) is 10.2. The molecule has 0 bridgehead atoms. The Kier molecular flexibility index (Phi) is 6.82. The van der Waals surface area contributed by atoms with Crippen LogP contribution < -0.4 is 0 Å². The van der Waals surface area contributed by atoms with Crippen molar-refractivity contribution in [3.63, 3.8) is 0 Å². The van der Waals surface area contributed by atoms with Crippen LogP contribution in [0.1, 0.15) is 50.4 Å². The van der Waals surface area contributed by atoms with E-state index in [0.717, 1.165) is 11.4 Å². The van der Waals surface area contributed by atoms with Crippen LogP contribution in [0, 0.1) is 0 Å². The summed E-state index contributed by atoms with van der Waals surface area (Å²) in [5.41, 5.74) is 0.566. The highest BCUT2D eigenvalue weighted by atomic mass is 35.5. The van der Waals surface area contributed by atoms with Crippen LogP contribution in [0.15, 0.2) is 59.8 Å². The lowest BCUT2D eigenvalue weighted by Crippen LogP contribution is -2.46. The zero-order chi connectivity index (χ0) is 27.4. The van der Waals surface area contributed by atoms with Crippen LogP contribution in [0.5, 0.6) is 0 Å². The zero-order valence-corrected chi connectivity index (χ0v) is 23.2. The highest BCUT2D eigenvalue weighted by Gasteiger charge is 2.57. The van der Waals surface area contributed by atoms with Crippen molar-refractivity contribution in [1.29, 1.82) is 0 Å². The van der Waals surface area contributed by atoms with Gasteiger partial charge in [-0.05, 0) is 55.2 Å². The summed E-state index contributed by atoms with van der Waals surface area (Å²) < 4.78 is 29.2. The zero-order valence-electron chi connectivity index (χ0n) is 20.8. The fourth-order valence-electron chi connectivity index (χ4n) is 5.29. The van der Waals surface area contributed by atoms with Gasteiger partial charge in [-0.3, -0.25) is 4.79 Å². The molecule has 1 aromatic heterocycles. The number of aromatic nitrogens is 2. The van der Waals surface area contributed by atoms with Gasteiger partial charge in [-0.2, -0.15) is 0 Å². The largest absolute Gasteiger partial charge is 0.480 e. The molecule has 200 valence electrons. The molecule has 1 aliphatic carbocycles. The third-order valence-electron chi connectivity index (χ3n) is 7.49. The Bertz CT molecular complexity index is 1510. The van der Waals surface area contributed by atoms with E-state index in [0.29, 0.717) is 23.6 Å². The van der Waals surface area contributed by atoms with E-state index in [1.807, 2.05) is 18.4 Å². The number of amides is 1. The fourth-order valence-corrected chi connectivity index (χ4v) is 7.65. The van der Waals surface area contributed by atoms with Gasteiger partial charge in [-0.15, -0.1) is 0 Å². The van der Waals surface area contributed by atoms with Crippen molar-refractivity contribution in [1.82, 2.24) is 14.5 Å². The number of aliphatic carboxylic acids is 1. The Balaban J connectivity index is 1.43. The minimum Gasteiger partial charge on any atom is -0.480 e. The number of nitrogens with zero attached hydrogens (tertiary/aromatic N) is 3. The topological polar surface area (TPSA) is 110 Å². The first-order chi connectivity index (χ1) is 18.0. The predicted molar refractivity (Wildman–Crippen MR) is 144 cm³/mol. The van der Waals surface area contributed by atoms with Crippen molar-refractivity contribution >= 4 is 44.9 Å². The van der Waals surface area contributed by atoms with Gasteiger partial charge < -0.3 is 14.6 Å². The molecule has 2 heterocycles. The molecule has 11 heteroatoms. The molecular weight excluding hydrogens is 549 g/mol. The third kappa shape index (κ3) is 4.50. The number of hydrogen-bond acceptors (Lipinski definition) is 5. The lowest BCUT2D eigenvalue weighted by Gasteiger charge is -2.27. The number of sulfone groups is 1. The van der Waals surface area contributed by atoms with E-state index >= 15 is 0 Å². The molecule has 2 aromatic carbocycles. The van der Waals surface area contributed by atoms with Crippen molar-refractivity contribution in [2.75, 3.05) is 6.54 Å². The van der Waals surface area contributed by atoms with Crippen LogP contribution in [0.3, 0.4) is 0 Å². The summed E-state index contributed by atoms with van der Waals surface area (Å²) in [7, 11) is -4.04. The van der Waals surface area contributed by atoms with E-state index in [2.05, 4.69) is 4.98 Å². The number of likely N-dealkylation sites (tertiary alicyclic amines) is 1. The average Bonchev–Trinajstić information content (AvgIpc) is 3.30. The standard InChI is InChI=1S/C27H27Cl2N3O5S/c1-16(2)24-30-11-12-31(24)19-7-8-23(21(29)13-19)38(36,37)20-14-22(25(33)34)32(15-20)26(35)27(9-10-27)17-3-5-18(28)6-4-17/h3-8,11-13,16,20,22H,9-10,14-15H2,1-2H3,(H,33,34)/t20-,22+/m1/s1. The van der Waals surface area contributed by atoms with Crippen LogP contribution in [-0.4, -0.2) is 57.7 Å². The van der Waals surface area contributed by atoms with Gasteiger partial charge in [0.2, 0.25) is 5.91 Å². The SMILES string of the molecule is CC(C)c1nccn1-c1ccc(S(=O)(=O)[C@@H]2C[C@@H](C(=O)O)N(C(=O)C3(c4ccc(Cl)cc4)CC3)C2)c(Cl)c1. The maximum Gasteiger partial charge on any atom is 0.326 e. The number of imidazole rings is 1. The summed E-state index contributed by atoms with van der Waals surface area (Å²) in [6.07, 6.45) is 4.36. The van der Waals surface area contributed by atoms with Gasteiger partial charge in [0.25, 0.3) is 0 Å². The number of carbonyl (C=O) groups is 2. The number of benzene rings is 2. The molecule has 0 spiro atoms. The van der Waals surface area contributed by atoms with Crippen molar-refractivity contribution in [2.45, 2.75) is 60.6 Å². The Labute approximate surface area is 231 Å². The molecule has 3 aromatic rings. The molecule has 2 atom stereocenters. The Morgan fingerprint density at radius 1 is 1.11 bits per heavy atom. The number of carbonyl (C=O) groups excluding carboxylic acids is 1. The molecule has 2 fully saturated rings. The number of rotatable bonds is 7. The summed E-state index contributed by atoms with van der Waals surface area (Å²) >= 11 is 12.5. The number of carboxylic acid groups (broad SMARTS) is 1. The molecule has 1 aliphatic heterocycles. The Morgan fingerprint density at radius 3 is 2.37 bits per heavy atom. The number of hydrogen-bond donors (Lipinski definition) is 1. The van der Waals surface area contributed by atoms with Gasteiger partial charge in [0.05, 0.1) is 20.6 Å². The van der Waals surface area contributed by atoms with Crippen LogP contribution in [0.4, 0.5) is 0 Å². The van der Waals surface area contributed by atoms with E-state index in [9.17, 15) is 23.1 Å². The summed E-state index contributed by atoms with van der Waals surface area (Å²) in [5, 5.41) is 9.37. The van der Waals surface area contributed by atoms with E-state index in [1.54, 1.807) is 48.8 Å². The second-order valence-corrected chi connectivity index (χ2v) is 13.3. The van der Waals surface area contributed by atoms with Crippen molar-refractivity contribution in [2.24, 2.45) is 0 Å². The predicted octanol–water partition coefficient (Wildman–Crippen LogP) is 4.86. The fraction of sp³-hybridized carbons (Fsp3) is 0.370. The van der Waals surface area contributed by atoms with E-state index < -0.39 is 32.5 Å².